The van der Waals surface area contributed by atoms with Gasteiger partial charge in [-0.05, 0) is 38.0 Å². The van der Waals surface area contributed by atoms with Gasteiger partial charge in [0.25, 0.3) is 0 Å². The van der Waals surface area contributed by atoms with Crippen LogP contribution in [-0.2, 0) is 13.0 Å². The second-order valence-electron chi connectivity index (χ2n) is 6.01. The summed E-state index contributed by atoms with van der Waals surface area (Å²) in [7, 11) is 1.71. The molecule has 0 atom stereocenters. The molecule has 5 nitrogen and oxygen atoms in total. The van der Waals surface area contributed by atoms with Crippen LogP contribution in [0.3, 0.4) is 0 Å². The lowest BCUT2D eigenvalue weighted by molar-refractivity contribution is 0.194. The number of hydrogen-bond acceptors (Lipinski definition) is 2. The van der Waals surface area contributed by atoms with Crippen LogP contribution in [0.4, 0.5) is 9.18 Å². The molecule has 2 rings (SSSR count). The van der Waals surface area contributed by atoms with Gasteiger partial charge in [0.05, 0.1) is 6.54 Å². The highest BCUT2D eigenvalue weighted by molar-refractivity contribution is 5.74. The number of nitrogens with one attached hydrogen (secondary N) is 2. The molecule has 22 heavy (non-hydrogen) atoms. The number of amides is 2. The van der Waals surface area contributed by atoms with E-state index in [9.17, 15) is 9.18 Å². The van der Waals surface area contributed by atoms with Crippen molar-refractivity contribution in [1.29, 1.82) is 0 Å². The van der Waals surface area contributed by atoms with E-state index in [0.717, 1.165) is 11.4 Å². The summed E-state index contributed by atoms with van der Waals surface area (Å²) in [6.45, 7) is 4.29. The number of rotatable bonds is 5. The number of benzene rings is 1. The third kappa shape index (κ3) is 4.58. The molecule has 1 aromatic carbocycles. The van der Waals surface area contributed by atoms with Crippen LogP contribution in [0.2, 0.25) is 0 Å². The standard InChI is InChI=1S/C16H21FN4O/c1-16(2,10-12-4-6-13(17)7-5-12)20-15(22)21(3)11-14-18-8-9-19-14/h4-9H,10-11H2,1-3H3,(H,18,19)(H,20,22). The number of imidazole rings is 1. The van der Waals surface area contributed by atoms with Crippen molar-refractivity contribution >= 4 is 6.03 Å². The highest BCUT2D eigenvalue weighted by atomic mass is 19.1. The smallest absolute Gasteiger partial charge is 0.317 e. The van der Waals surface area contributed by atoms with Gasteiger partial charge in [0.1, 0.15) is 11.6 Å². The Labute approximate surface area is 129 Å². The zero-order chi connectivity index (χ0) is 16.2. The lowest BCUT2D eigenvalue weighted by atomic mass is 9.95. The van der Waals surface area contributed by atoms with Crippen LogP contribution in [0.25, 0.3) is 0 Å². The quantitative estimate of drug-likeness (QED) is 0.892. The fraction of sp³-hybridized carbons (Fsp3) is 0.375. The van der Waals surface area contributed by atoms with Gasteiger partial charge in [-0.1, -0.05) is 12.1 Å². The Bertz CT molecular complexity index is 608. The molecule has 1 heterocycles. The summed E-state index contributed by atoms with van der Waals surface area (Å²) in [5, 5.41) is 2.98. The predicted molar refractivity (Wildman–Crippen MR) is 82.8 cm³/mol. The zero-order valence-corrected chi connectivity index (χ0v) is 13.1. The first kappa shape index (κ1) is 16.0. The van der Waals surface area contributed by atoms with E-state index in [0.29, 0.717) is 13.0 Å². The van der Waals surface area contributed by atoms with E-state index in [1.807, 2.05) is 13.8 Å². The van der Waals surface area contributed by atoms with Gasteiger partial charge in [0, 0.05) is 25.0 Å². The number of urea groups is 1. The lowest BCUT2D eigenvalue weighted by Crippen LogP contribution is -2.50. The maximum Gasteiger partial charge on any atom is 0.317 e. The summed E-state index contributed by atoms with van der Waals surface area (Å²) < 4.78 is 12.9. The Hall–Kier alpha value is -2.37. The first-order chi connectivity index (χ1) is 10.4. The van der Waals surface area contributed by atoms with Crippen LogP contribution < -0.4 is 5.32 Å². The minimum absolute atomic E-state index is 0.177. The molecule has 0 unspecified atom stereocenters. The van der Waals surface area contributed by atoms with E-state index in [-0.39, 0.29) is 11.8 Å². The molecular formula is C16H21FN4O. The Balaban J connectivity index is 1.92. The van der Waals surface area contributed by atoms with Crippen molar-refractivity contribution in [2.24, 2.45) is 0 Å². The monoisotopic (exact) mass is 304 g/mol. The number of aromatic amines is 1. The number of carbonyl (C=O) groups excluding carboxylic acids is 1. The van der Waals surface area contributed by atoms with Crippen molar-refractivity contribution in [3.05, 3.63) is 53.9 Å². The van der Waals surface area contributed by atoms with Gasteiger partial charge in [-0.3, -0.25) is 0 Å². The molecule has 0 radical (unpaired) electrons. The third-order valence-electron chi connectivity index (χ3n) is 3.29. The summed E-state index contributed by atoms with van der Waals surface area (Å²) in [5.74, 6) is 0.470. The van der Waals surface area contributed by atoms with E-state index >= 15 is 0 Å². The van der Waals surface area contributed by atoms with Crippen LogP contribution in [0.1, 0.15) is 25.2 Å². The number of halogens is 1. The highest BCUT2D eigenvalue weighted by Crippen LogP contribution is 2.14. The second-order valence-corrected chi connectivity index (χ2v) is 6.01. The SMILES string of the molecule is CN(Cc1ncc[nH]1)C(=O)NC(C)(C)Cc1ccc(F)cc1. The van der Waals surface area contributed by atoms with Crippen molar-refractivity contribution in [3.63, 3.8) is 0 Å². The fourth-order valence-corrected chi connectivity index (χ4v) is 2.22. The molecule has 2 amide bonds. The van der Waals surface area contributed by atoms with Crippen molar-refractivity contribution in [3.8, 4) is 0 Å². The van der Waals surface area contributed by atoms with E-state index < -0.39 is 5.54 Å². The van der Waals surface area contributed by atoms with Crippen LogP contribution in [0, 0.1) is 5.82 Å². The first-order valence-electron chi connectivity index (χ1n) is 7.12. The Morgan fingerprint density at radius 2 is 2.05 bits per heavy atom. The van der Waals surface area contributed by atoms with Gasteiger partial charge in [-0.25, -0.2) is 14.2 Å². The molecule has 0 saturated carbocycles. The first-order valence-corrected chi connectivity index (χ1v) is 7.12. The minimum Gasteiger partial charge on any atom is -0.347 e. The Morgan fingerprint density at radius 3 is 2.64 bits per heavy atom. The minimum atomic E-state index is -0.438. The zero-order valence-electron chi connectivity index (χ0n) is 13.1. The molecule has 0 aliphatic rings. The molecule has 118 valence electrons. The van der Waals surface area contributed by atoms with Crippen molar-refractivity contribution in [2.45, 2.75) is 32.4 Å². The number of nitrogens with zero attached hydrogens (tertiary/aromatic N) is 2. The van der Waals surface area contributed by atoms with Gasteiger partial charge >= 0.3 is 6.03 Å². The Kier molecular flexibility index (Phi) is 4.80. The molecule has 6 heteroatoms. The summed E-state index contributed by atoms with van der Waals surface area (Å²) in [5.41, 5.74) is 0.534. The van der Waals surface area contributed by atoms with Gasteiger partial charge in [-0.15, -0.1) is 0 Å². The average molecular weight is 304 g/mol. The third-order valence-corrected chi connectivity index (χ3v) is 3.29. The molecule has 0 aliphatic carbocycles. The Morgan fingerprint density at radius 1 is 1.36 bits per heavy atom. The molecule has 0 aliphatic heterocycles. The number of hydrogen-bond donors (Lipinski definition) is 2. The van der Waals surface area contributed by atoms with Crippen molar-refractivity contribution < 1.29 is 9.18 Å². The van der Waals surface area contributed by atoms with Crippen LogP contribution in [0.5, 0.6) is 0 Å². The van der Waals surface area contributed by atoms with Gasteiger partial charge in [0.2, 0.25) is 0 Å². The summed E-state index contributed by atoms with van der Waals surface area (Å²) in [4.78, 5) is 20.9. The molecule has 0 saturated heterocycles. The number of carbonyl (C=O) groups is 1. The van der Waals surface area contributed by atoms with Gasteiger partial charge in [-0.2, -0.15) is 0 Å². The molecule has 1 aromatic heterocycles. The van der Waals surface area contributed by atoms with Crippen molar-refractivity contribution in [1.82, 2.24) is 20.2 Å². The maximum atomic E-state index is 12.9. The fourth-order valence-electron chi connectivity index (χ4n) is 2.22. The van der Waals surface area contributed by atoms with E-state index in [1.54, 1.807) is 36.5 Å². The van der Waals surface area contributed by atoms with E-state index in [4.69, 9.17) is 0 Å². The molecule has 0 fully saturated rings. The molecule has 2 N–H and O–H groups in total. The second kappa shape index (κ2) is 6.60. The largest absolute Gasteiger partial charge is 0.347 e. The average Bonchev–Trinajstić information content (AvgIpc) is 2.93. The molecule has 0 bridgehead atoms. The van der Waals surface area contributed by atoms with Gasteiger partial charge in [0.15, 0.2) is 0 Å². The highest BCUT2D eigenvalue weighted by Gasteiger charge is 2.23. The normalized spacial score (nSPS) is 11.3. The van der Waals surface area contributed by atoms with Gasteiger partial charge < -0.3 is 15.2 Å². The molecular weight excluding hydrogens is 283 g/mol. The van der Waals surface area contributed by atoms with Crippen molar-refractivity contribution in [2.75, 3.05) is 7.05 Å². The maximum absolute atomic E-state index is 12.9. The number of H-pyrrole nitrogens is 1. The lowest BCUT2D eigenvalue weighted by Gasteiger charge is -2.29. The summed E-state index contributed by atoms with van der Waals surface area (Å²) in [6.07, 6.45) is 3.99. The number of aromatic nitrogens is 2. The van der Waals surface area contributed by atoms with E-state index in [1.165, 1.54) is 12.1 Å². The summed E-state index contributed by atoms with van der Waals surface area (Å²) in [6, 6.07) is 6.14. The van der Waals surface area contributed by atoms with Crippen LogP contribution in [-0.4, -0.2) is 33.5 Å². The predicted octanol–water partition coefficient (Wildman–Crippen LogP) is 2.71. The van der Waals surface area contributed by atoms with E-state index in [2.05, 4.69) is 15.3 Å². The summed E-state index contributed by atoms with van der Waals surface area (Å²) >= 11 is 0. The van der Waals surface area contributed by atoms with Crippen LogP contribution in [0.15, 0.2) is 36.7 Å². The molecule has 0 spiro atoms. The molecule has 2 aromatic rings. The van der Waals surface area contributed by atoms with Crippen LogP contribution >= 0.6 is 0 Å². The topological polar surface area (TPSA) is 61.0 Å².